The van der Waals surface area contributed by atoms with Crippen molar-refractivity contribution in [3.63, 3.8) is 0 Å². The summed E-state index contributed by atoms with van der Waals surface area (Å²) in [5.41, 5.74) is 1.56. The molecule has 3 rings (SSSR count). The Labute approximate surface area is 161 Å². The predicted molar refractivity (Wildman–Crippen MR) is 96.9 cm³/mol. The molecular weight excluding hydrogens is 424 g/mol. The Morgan fingerprint density at radius 1 is 1.30 bits per heavy atom. The van der Waals surface area contributed by atoms with Crippen LogP contribution in [0.1, 0.15) is 32.2 Å². The summed E-state index contributed by atoms with van der Waals surface area (Å²) in [5, 5.41) is 6.04. The zero-order chi connectivity index (χ0) is 19.6. The first-order valence-corrected chi connectivity index (χ1v) is 8.67. The first-order valence-electron chi connectivity index (χ1n) is 7.88. The lowest BCUT2D eigenvalue weighted by Crippen LogP contribution is -2.28. The average molecular weight is 438 g/mol. The Morgan fingerprint density at radius 3 is 2.67 bits per heavy atom. The van der Waals surface area contributed by atoms with Crippen molar-refractivity contribution < 1.29 is 22.9 Å². The van der Waals surface area contributed by atoms with Gasteiger partial charge < -0.3 is 14.8 Å². The van der Waals surface area contributed by atoms with E-state index in [1.54, 1.807) is 19.1 Å². The third-order valence-corrected chi connectivity index (χ3v) is 4.34. The fraction of sp³-hybridized carbons (Fsp3) is 0.167. The molecule has 2 heterocycles. The number of aryl methyl sites for hydroxylation is 1. The minimum Gasteiger partial charge on any atom is -0.360 e. The van der Waals surface area contributed by atoms with Gasteiger partial charge in [0.15, 0.2) is 5.78 Å². The van der Waals surface area contributed by atoms with Crippen molar-refractivity contribution >= 4 is 27.6 Å². The van der Waals surface area contributed by atoms with Gasteiger partial charge in [0.05, 0.1) is 12.1 Å². The summed E-state index contributed by atoms with van der Waals surface area (Å²) < 4.78 is 30.5. The number of carbonyl (C=O) groups excluding carboxylic acids is 2. The van der Waals surface area contributed by atoms with E-state index >= 15 is 0 Å². The molecule has 6 nitrogen and oxygen atoms in total. The van der Waals surface area contributed by atoms with Gasteiger partial charge in [-0.2, -0.15) is 0 Å². The molecule has 0 fully saturated rings. The number of carbonyl (C=O) groups is 2. The van der Waals surface area contributed by atoms with Gasteiger partial charge in [-0.15, -0.1) is 0 Å². The van der Waals surface area contributed by atoms with Gasteiger partial charge in [0.1, 0.15) is 17.1 Å². The molecule has 140 valence electrons. The first-order chi connectivity index (χ1) is 12.9. The fourth-order valence-corrected chi connectivity index (χ4v) is 2.77. The fourth-order valence-electron chi connectivity index (χ4n) is 2.51. The van der Waals surface area contributed by atoms with Crippen LogP contribution in [-0.2, 0) is 0 Å². The molecule has 0 unspecified atom stereocenters. The Kier molecular flexibility index (Phi) is 5.50. The lowest BCUT2D eigenvalue weighted by Gasteiger charge is -2.02. The number of benzene rings is 1. The van der Waals surface area contributed by atoms with E-state index in [9.17, 15) is 18.4 Å². The molecule has 0 bridgehead atoms. The SMILES string of the molecule is Cc1onc(-c2ccc(Br)cc2)c1C(=O)c1c[nH]c(C(=O)NCC(F)F)c1. The summed E-state index contributed by atoms with van der Waals surface area (Å²) in [6.07, 6.45) is -1.31. The van der Waals surface area contributed by atoms with Crippen LogP contribution in [0.4, 0.5) is 8.78 Å². The normalized spacial score (nSPS) is 11.0. The lowest BCUT2D eigenvalue weighted by molar-refractivity contribution is 0.0887. The van der Waals surface area contributed by atoms with Gasteiger partial charge in [-0.1, -0.05) is 33.2 Å². The first kappa shape index (κ1) is 19.0. The number of amides is 1. The van der Waals surface area contributed by atoms with Gasteiger partial charge in [-0.05, 0) is 25.1 Å². The highest BCUT2D eigenvalue weighted by atomic mass is 79.9. The monoisotopic (exact) mass is 437 g/mol. The largest absolute Gasteiger partial charge is 0.360 e. The van der Waals surface area contributed by atoms with E-state index in [-0.39, 0.29) is 16.8 Å². The van der Waals surface area contributed by atoms with Crippen LogP contribution in [0.25, 0.3) is 11.3 Å². The number of rotatable bonds is 6. The highest BCUT2D eigenvalue weighted by molar-refractivity contribution is 9.10. The number of aromatic amines is 1. The van der Waals surface area contributed by atoms with Crippen molar-refractivity contribution in [2.24, 2.45) is 0 Å². The number of H-pyrrole nitrogens is 1. The molecule has 2 N–H and O–H groups in total. The number of hydrogen-bond donors (Lipinski definition) is 2. The standard InChI is InChI=1S/C18H14BrF2N3O3/c1-9-15(16(24-27-9)10-2-4-12(19)5-3-10)17(25)11-6-13(22-7-11)18(26)23-8-14(20)21/h2-7,14,22H,8H2,1H3,(H,23,26). The van der Waals surface area contributed by atoms with Crippen molar-refractivity contribution in [1.82, 2.24) is 15.5 Å². The number of nitrogens with one attached hydrogen (secondary N) is 2. The molecule has 2 aromatic heterocycles. The molecule has 0 atom stereocenters. The molecule has 0 aliphatic carbocycles. The number of ketones is 1. The molecule has 3 aromatic rings. The van der Waals surface area contributed by atoms with Crippen molar-refractivity contribution in [1.29, 1.82) is 0 Å². The number of alkyl halides is 2. The third kappa shape index (κ3) is 4.13. The summed E-state index contributed by atoms with van der Waals surface area (Å²) in [4.78, 5) is 27.4. The lowest BCUT2D eigenvalue weighted by atomic mass is 9.99. The van der Waals surface area contributed by atoms with Crippen LogP contribution in [0, 0.1) is 6.92 Å². The molecule has 0 saturated heterocycles. The van der Waals surface area contributed by atoms with E-state index in [2.05, 4.69) is 31.4 Å². The van der Waals surface area contributed by atoms with Crippen molar-refractivity contribution in [3.05, 3.63) is 63.6 Å². The van der Waals surface area contributed by atoms with Crippen LogP contribution >= 0.6 is 15.9 Å². The van der Waals surface area contributed by atoms with E-state index < -0.39 is 24.7 Å². The summed E-state index contributed by atoms with van der Waals surface area (Å²) in [6.45, 7) is 0.852. The Balaban J connectivity index is 1.88. The second-order valence-electron chi connectivity index (χ2n) is 5.70. The molecule has 0 spiro atoms. The van der Waals surface area contributed by atoms with E-state index in [0.717, 1.165) is 4.47 Å². The zero-order valence-corrected chi connectivity index (χ0v) is 15.6. The number of nitrogens with zero attached hydrogens (tertiary/aromatic N) is 1. The van der Waals surface area contributed by atoms with E-state index in [1.807, 2.05) is 12.1 Å². The quantitative estimate of drug-likeness (QED) is 0.571. The maximum Gasteiger partial charge on any atom is 0.267 e. The minimum absolute atomic E-state index is 0.0123. The highest BCUT2D eigenvalue weighted by Gasteiger charge is 2.24. The molecule has 1 aromatic carbocycles. The highest BCUT2D eigenvalue weighted by Crippen LogP contribution is 2.28. The van der Waals surface area contributed by atoms with Gasteiger partial charge in [0.25, 0.3) is 12.3 Å². The van der Waals surface area contributed by atoms with Crippen LogP contribution in [0.2, 0.25) is 0 Å². The van der Waals surface area contributed by atoms with E-state index in [1.165, 1.54) is 12.3 Å². The van der Waals surface area contributed by atoms with Crippen molar-refractivity contribution in [2.45, 2.75) is 13.3 Å². The van der Waals surface area contributed by atoms with Gasteiger partial charge in [-0.3, -0.25) is 9.59 Å². The second-order valence-corrected chi connectivity index (χ2v) is 6.62. The number of halogens is 3. The molecular formula is C18H14BrF2N3O3. The van der Waals surface area contributed by atoms with E-state index in [0.29, 0.717) is 17.0 Å². The molecule has 0 aliphatic rings. The maximum absolute atomic E-state index is 12.9. The average Bonchev–Trinajstić information content (AvgIpc) is 3.27. The Bertz CT molecular complexity index is 980. The Hall–Kier alpha value is -2.81. The molecule has 0 radical (unpaired) electrons. The van der Waals surface area contributed by atoms with Crippen LogP contribution in [0.15, 0.2) is 45.5 Å². The van der Waals surface area contributed by atoms with Crippen LogP contribution in [0.5, 0.6) is 0 Å². The van der Waals surface area contributed by atoms with Gasteiger partial charge >= 0.3 is 0 Å². The topological polar surface area (TPSA) is 88.0 Å². The smallest absolute Gasteiger partial charge is 0.267 e. The molecule has 1 amide bonds. The summed E-state index contributed by atoms with van der Waals surface area (Å²) in [7, 11) is 0. The van der Waals surface area contributed by atoms with Gasteiger partial charge in [0, 0.05) is 21.8 Å². The summed E-state index contributed by atoms with van der Waals surface area (Å²) in [5.74, 6) is -0.775. The van der Waals surface area contributed by atoms with Gasteiger partial charge in [0.2, 0.25) is 0 Å². The van der Waals surface area contributed by atoms with Crippen molar-refractivity contribution in [2.75, 3.05) is 6.54 Å². The Morgan fingerprint density at radius 2 is 2.00 bits per heavy atom. The predicted octanol–water partition coefficient (Wildman–Crippen LogP) is 3.97. The van der Waals surface area contributed by atoms with Gasteiger partial charge in [-0.25, -0.2) is 8.78 Å². The molecule has 9 heteroatoms. The van der Waals surface area contributed by atoms with Crippen LogP contribution < -0.4 is 5.32 Å². The molecule has 0 aliphatic heterocycles. The van der Waals surface area contributed by atoms with Crippen LogP contribution in [0.3, 0.4) is 0 Å². The zero-order valence-electron chi connectivity index (χ0n) is 14.1. The van der Waals surface area contributed by atoms with Crippen molar-refractivity contribution in [3.8, 4) is 11.3 Å². The second kappa shape index (κ2) is 7.83. The maximum atomic E-state index is 12.9. The molecule has 27 heavy (non-hydrogen) atoms. The summed E-state index contributed by atoms with van der Waals surface area (Å²) >= 11 is 3.35. The number of aromatic nitrogens is 2. The minimum atomic E-state index is -2.65. The molecule has 0 saturated carbocycles. The third-order valence-electron chi connectivity index (χ3n) is 3.81. The number of hydrogen-bond acceptors (Lipinski definition) is 4. The summed E-state index contributed by atoms with van der Waals surface area (Å²) in [6, 6.07) is 8.52. The van der Waals surface area contributed by atoms with E-state index in [4.69, 9.17) is 4.52 Å². The van der Waals surface area contributed by atoms with Crippen LogP contribution in [-0.4, -0.2) is 34.8 Å².